The summed E-state index contributed by atoms with van der Waals surface area (Å²) in [6.07, 6.45) is -1.37. The Labute approximate surface area is 78.0 Å². The lowest BCUT2D eigenvalue weighted by Crippen LogP contribution is -2.21. The van der Waals surface area contributed by atoms with Gasteiger partial charge in [0.2, 0.25) is 0 Å². The molecule has 4 nitrogen and oxygen atoms in total. The number of hydrogen-bond donors (Lipinski definition) is 1. The largest absolute Gasteiger partial charge is 0.490 e. The van der Waals surface area contributed by atoms with Gasteiger partial charge < -0.3 is 9.67 Å². The molecule has 1 N–H and O–H groups in total. The SMILES string of the molecule is Cc1nccn1C.O=C(O)C(F)(F)F. The molecular formula is C7H9F3N2O2. The Morgan fingerprint density at radius 3 is 2.07 bits per heavy atom. The zero-order chi connectivity index (χ0) is 11.4. The van der Waals surface area contributed by atoms with Crippen LogP contribution in [0, 0.1) is 6.92 Å². The van der Waals surface area contributed by atoms with Gasteiger partial charge in [0.25, 0.3) is 0 Å². The van der Waals surface area contributed by atoms with Gasteiger partial charge in [0.15, 0.2) is 0 Å². The van der Waals surface area contributed by atoms with Crippen molar-refractivity contribution in [3.8, 4) is 0 Å². The van der Waals surface area contributed by atoms with Crippen molar-refractivity contribution >= 4 is 5.97 Å². The Hall–Kier alpha value is -1.53. The highest BCUT2D eigenvalue weighted by molar-refractivity contribution is 5.73. The molecule has 80 valence electrons. The van der Waals surface area contributed by atoms with E-state index < -0.39 is 12.1 Å². The summed E-state index contributed by atoms with van der Waals surface area (Å²) in [5.74, 6) is -1.70. The fraction of sp³-hybridized carbons (Fsp3) is 0.429. The van der Waals surface area contributed by atoms with Crippen LogP contribution in [-0.4, -0.2) is 26.8 Å². The van der Waals surface area contributed by atoms with E-state index in [9.17, 15) is 13.2 Å². The van der Waals surface area contributed by atoms with Crippen molar-refractivity contribution in [1.82, 2.24) is 9.55 Å². The molecule has 7 heteroatoms. The number of rotatable bonds is 0. The van der Waals surface area contributed by atoms with Gasteiger partial charge in [-0.3, -0.25) is 0 Å². The molecule has 14 heavy (non-hydrogen) atoms. The summed E-state index contributed by atoms with van der Waals surface area (Å²) in [6, 6.07) is 0. The normalized spacial score (nSPS) is 10.4. The molecule has 0 amide bonds. The maximum Gasteiger partial charge on any atom is 0.490 e. The standard InChI is InChI=1S/C5H8N2.C2HF3O2/c1-5-6-3-4-7(5)2;3-2(4,5)1(6)7/h3-4H,1-2H3;(H,6,7). The lowest BCUT2D eigenvalue weighted by Gasteiger charge is -1.93. The van der Waals surface area contributed by atoms with Crippen molar-refractivity contribution in [2.24, 2.45) is 7.05 Å². The van der Waals surface area contributed by atoms with Gasteiger partial charge in [-0.15, -0.1) is 0 Å². The third-order valence-corrected chi connectivity index (χ3v) is 1.30. The summed E-state index contributed by atoms with van der Waals surface area (Å²) < 4.78 is 33.7. The minimum Gasteiger partial charge on any atom is -0.475 e. The summed E-state index contributed by atoms with van der Waals surface area (Å²) in [4.78, 5) is 12.9. The van der Waals surface area contributed by atoms with Gasteiger partial charge >= 0.3 is 12.1 Å². The quantitative estimate of drug-likeness (QED) is 0.703. The molecule has 0 spiro atoms. The first-order chi connectivity index (χ1) is 6.25. The average Bonchev–Trinajstić information content (AvgIpc) is 2.35. The molecule has 0 aromatic carbocycles. The minimum atomic E-state index is -5.08. The topological polar surface area (TPSA) is 55.1 Å². The van der Waals surface area contributed by atoms with Crippen molar-refractivity contribution in [2.45, 2.75) is 13.1 Å². The Balaban J connectivity index is 0.000000241. The van der Waals surface area contributed by atoms with E-state index in [1.165, 1.54) is 0 Å². The van der Waals surface area contributed by atoms with E-state index in [1.54, 1.807) is 6.20 Å². The molecule has 0 saturated carbocycles. The van der Waals surface area contributed by atoms with Crippen molar-refractivity contribution in [3.63, 3.8) is 0 Å². The molecule has 0 unspecified atom stereocenters. The second-order valence-electron chi connectivity index (χ2n) is 2.39. The van der Waals surface area contributed by atoms with E-state index in [0.29, 0.717) is 0 Å². The van der Waals surface area contributed by atoms with Crippen molar-refractivity contribution < 1.29 is 23.1 Å². The number of carbonyl (C=O) groups is 1. The number of imidazole rings is 1. The van der Waals surface area contributed by atoms with Gasteiger partial charge in [-0.25, -0.2) is 9.78 Å². The molecular weight excluding hydrogens is 201 g/mol. The first kappa shape index (κ1) is 12.5. The second kappa shape index (κ2) is 4.64. The van der Waals surface area contributed by atoms with Crippen LogP contribution in [0.1, 0.15) is 5.82 Å². The highest BCUT2D eigenvalue weighted by atomic mass is 19.4. The van der Waals surface area contributed by atoms with Gasteiger partial charge in [0, 0.05) is 19.4 Å². The van der Waals surface area contributed by atoms with E-state index in [-0.39, 0.29) is 0 Å². The Morgan fingerprint density at radius 2 is 2.00 bits per heavy atom. The van der Waals surface area contributed by atoms with Gasteiger partial charge in [-0.05, 0) is 6.92 Å². The lowest BCUT2D eigenvalue weighted by atomic mass is 10.7. The lowest BCUT2D eigenvalue weighted by molar-refractivity contribution is -0.192. The maximum absolute atomic E-state index is 10.6. The van der Waals surface area contributed by atoms with Crippen LogP contribution in [0.3, 0.4) is 0 Å². The minimum absolute atomic E-state index is 1.06. The molecule has 0 aliphatic carbocycles. The fourth-order valence-corrected chi connectivity index (χ4v) is 0.440. The zero-order valence-corrected chi connectivity index (χ0v) is 7.54. The molecule has 0 aliphatic rings. The molecule has 1 aromatic rings. The van der Waals surface area contributed by atoms with Gasteiger partial charge in [-0.1, -0.05) is 0 Å². The molecule has 0 radical (unpaired) electrons. The van der Waals surface area contributed by atoms with Crippen LogP contribution in [0.15, 0.2) is 12.4 Å². The molecule has 0 fully saturated rings. The van der Waals surface area contributed by atoms with E-state index in [4.69, 9.17) is 9.90 Å². The molecule has 0 aliphatic heterocycles. The summed E-state index contributed by atoms with van der Waals surface area (Å²) >= 11 is 0. The Morgan fingerprint density at radius 1 is 1.57 bits per heavy atom. The summed E-state index contributed by atoms with van der Waals surface area (Å²) in [5, 5.41) is 7.12. The number of alkyl halides is 3. The number of carboxylic acids is 1. The van der Waals surface area contributed by atoms with Gasteiger partial charge in [0.05, 0.1) is 0 Å². The highest BCUT2D eigenvalue weighted by Gasteiger charge is 2.38. The number of aryl methyl sites for hydroxylation is 2. The van der Waals surface area contributed by atoms with Crippen LogP contribution in [-0.2, 0) is 11.8 Å². The van der Waals surface area contributed by atoms with E-state index in [0.717, 1.165) is 5.82 Å². The summed E-state index contributed by atoms with van der Waals surface area (Å²) in [7, 11) is 1.97. The van der Waals surface area contributed by atoms with Crippen LogP contribution in [0.2, 0.25) is 0 Å². The molecule has 1 rings (SSSR count). The van der Waals surface area contributed by atoms with Crippen LogP contribution in [0.5, 0.6) is 0 Å². The third kappa shape index (κ3) is 4.48. The molecule has 1 heterocycles. The number of hydrogen-bond acceptors (Lipinski definition) is 2. The predicted octanol–water partition coefficient (Wildman–Crippen LogP) is 1.36. The second-order valence-corrected chi connectivity index (χ2v) is 2.39. The van der Waals surface area contributed by atoms with Crippen molar-refractivity contribution in [2.75, 3.05) is 0 Å². The van der Waals surface area contributed by atoms with Crippen molar-refractivity contribution in [1.29, 1.82) is 0 Å². The van der Waals surface area contributed by atoms with E-state index in [2.05, 4.69) is 4.98 Å². The Bertz CT molecular complexity index is 290. The highest BCUT2D eigenvalue weighted by Crippen LogP contribution is 2.13. The third-order valence-electron chi connectivity index (χ3n) is 1.30. The first-order valence-corrected chi connectivity index (χ1v) is 3.49. The number of halogens is 3. The van der Waals surface area contributed by atoms with Crippen LogP contribution < -0.4 is 0 Å². The smallest absolute Gasteiger partial charge is 0.475 e. The number of aromatic nitrogens is 2. The summed E-state index contributed by atoms with van der Waals surface area (Å²) in [5.41, 5.74) is 0. The van der Waals surface area contributed by atoms with Crippen LogP contribution in [0.25, 0.3) is 0 Å². The van der Waals surface area contributed by atoms with Gasteiger partial charge in [0.1, 0.15) is 5.82 Å². The van der Waals surface area contributed by atoms with Gasteiger partial charge in [-0.2, -0.15) is 13.2 Å². The first-order valence-electron chi connectivity index (χ1n) is 3.49. The number of aliphatic carboxylic acids is 1. The molecule has 0 saturated heterocycles. The number of carboxylic acid groups (broad SMARTS) is 1. The van der Waals surface area contributed by atoms with Crippen molar-refractivity contribution in [3.05, 3.63) is 18.2 Å². The zero-order valence-electron chi connectivity index (χ0n) is 7.54. The molecule has 0 atom stereocenters. The van der Waals surface area contributed by atoms with E-state index in [1.807, 2.05) is 24.7 Å². The maximum atomic E-state index is 10.6. The molecule has 1 aromatic heterocycles. The monoisotopic (exact) mass is 210 g/mol. The van der Waals surface area contributed by atoms with Crippen LogP contribution in [0.4, 0.5) is 13.2 Å². The number of nitrogens with zero attached hydrogens (tertiary/aromatic N) is 2. The summed E-state index contributed by atoms with van der Waals surface area (Å²) in [6.45, 7) is 1.97. The Kier molecular flexibility index (Phi) is 4.13. The molecule has 0 bridgehead atoms. The van der Waals surface area contributed by atoms with Crippen LogP contribution >= 0.6 is 0 Å². The van der Waals surface area contributed by atoms with E-state index >= 15 is 0 Å². The fourth-order valence-electron chi connectivity index (χ4n) is 0.440. The predicted molar refractivity (Wildman–Crippen MR) is 41.6 cm³/mol. The average molecular weight is 210 g/mol.